The summed E-state index contributed by atoms with van der Waals surface area (Å²) in [7, 11) is -3.79. The molecule has 2 rings (SSSR count). The monoisotopic (exact) mass is 389 g/mol. The van der Waals surface area contributed by atoms with Crippen molar-refractivity contribution in [2.24, 2.45) is 5.73 Å². The molecule has 0 saturated heterocycles. The van der Waals surface area contributed by atoms with Gasteiger partial charge in [0.1, 0.15) is 0 Å². The Morgan fingerprint density at radius 2 is 1.74 bits per heavy atom. The smallest absolute Gasteiger partial charge is 0.261 e. The van der Waals surface area contributed by atoms with Gasteiger partial charge in [-0.2, -0.15) is 0 Å². The van der Waals surface area contributed by atoms with E-state index in [1.807, 2.05) is 26.8 Å². The molecule has 2 aromatic rings. The van der Waals surface area contributed by atoms with Crippen LogP contribution in [0, 0.1) is 6.92 Å². The highest BCUT2D eigenvalue weighted by Gasteiger charge is 2.22. The third kappa shape index (κ3) is 5.55. The predicted octanol–water partition coefficient (Wildman–Crippen LogP) is 3.04. The normalized spacial score (nSPS) is 11.9. The Labute approximate surface area is 161 Å². The number of anilines is 1. The summed E-state index contributed by atoms with van der Waals surface area (Å²) < 4.78 is 27.8. The van der Waals surface area contributed by atoms with Gasteiger partial charge in [0.05, 0.1) is 4.90 Å². The maximum atomic E-state index is 12.6. The van der Waals surface area contributed by atoms with Crippen LogP contribution in [0.1, 0.15) is 42.6 Å². The molecule has 0 bridgehead atoms. The number of carbonyl (C=O) groups is 1. The summed E-state index contributed by atoms with van der Waals surface area (Å²) in [5, 5.41) is 2.80. The number of aryl methyl sites for hydroxylation is 1. The minimum absolute atomic E-state index is 0.0293. The zero-order valence-corrected chi connectivity index (χ0v) is 16.8. The Balaban J connectivity index is 2.17. The fourth-order valence-corrected chi connectivity index (χ4v) is 3.68. The standard InChI is InChI=1S/C20H27N3O3S/c1-4-20(21,5-2)14-22-19(24)16-9-7-11-18(13-16)27(25,26)23-17-10-6-8-15(3)12-17/h6-13,23H,4-5,14,21H2,1-3H3,(H,22,24). The second-order valence-electron chi connectivity index (χ2n) is 6.75. The van der Waals surface area contributed by atoms with Crippen molar-refractivity contribution in [2.45, 2.75) is 44.0 Å². The summed E-state index contributed by atoms with van der Waals surface area (Å²) in [6.45, 7) is 6.16. The lowest BCUT2D eigenvalue weighted by molar-refractivity contribution is 0.0942. The van der Waals surface area contributed by atoms with E-state index in [9.17, 15) is 13.2 Å². The molecule has 1 amide bonds. The maximum Gasteiger partial charge on any atom is 0.261 e. The lowest BCUT2D eigenvalue weighted by Crippen LogP contribution is -2.49. The van der Waals surface area contributed by atoms with E-state index in [2.05, 4.69) is 10.0 Å². The number of nitrogens with one attached hydrogen (secondary N) is 2. The Kier molecular flexibility index (Phi) is 6.62. The van der Waals surface area contributed by atoms with Crippen LogP contribution < -0.4 is 15.8 Å². The summed E-state index contributed by atoms with van der Waals surface area (Å²) in [4.78, 5) is 12.5. The van der Waals surface area contributed by atoms with Gasteiger partial charge in [0.15, 0.2) is 0 Å². The van der Waals surface area contributed by atoms with E-state index >= 15 is 0 Å². The fourth-order valence-electron chi connectivity index (χ4n) is 2.59. The third-order valence-electron chi connectivity index (χ3n) is 4.69. The van der Waals surface area contributed by atoms with Crippen molar-refractivity contribution in [2.75, 3.05) is 11.3 Å². The van der Waals surface area contributed by atoms with Crippen LogP contribution in [0.15, 0.2) is 53.4 Å². The van der Waals surface area contributed by atoms with Crippen molar-refractivity contribution >= 4 is 21.6 Å². The largest absolute Gasteiger partial charge is 0.350 e. The molecule has 7 heteroatoms. The van der Waals surface area contributed by atoms with E-state index in [0.717, 1.165) is 18.4 Å². The first-order valence-corrected chi connectivity index (χ1v) is 10.4. The highest BCUT2D eigenvalue weighted by molar-refractivity contribution is 7.92. The van der Waals surface area contributed by atoms with Gasteiger partial charge in [0, 0.05) is 23.3 Å². The molecule has 6 nitrogen and oxygen atoms in total. The van der Waals surface area contributed by atoms with Crippen molar-refractivity contribution in [1.82, 2.24) is 5.32 Å². The van der Waals surface area contributed by atoms with Gasteiger partial charge < -0.3 is 11.1 Å². The number of carbonyl (C=O) groups excluding carboxylic acids is 1. The summed E-state index contributed by atoms with van der Waals surface area (Å²) in [5.41, 5.74) is 7.43. The lowest BCUT2D eigenvalue weighted by Gasteiger charge is -2.26. The molecule has 2 aromatic carbocycles. The highest BCUT2D eigenvalue weighted by atomic mass is 32.2. The van der Waals surface area contributed by atoms with E-state index in [0.29, 0.717) is 12.2 Å². The Morgan fingerprint density at radius 1 is 1.07 bits per heavy atom. The SMILES string of the molecule is CCC(N)(CC)CNC(=O)c1cccc(S(=O)(=O)Nc2cccc(C)c2)c1. The van der Waals surface area contributed by atoms with Crippen molar-refractivity contribution in [3.05, 3.63) is 59.7 Å². The van der Waals surface area contributed by atoms with Gasteiger partial charge in [-0.05, 0) is 55.7 Å². The van der Waals surface area contributed by atoms with Crippen LogP contribution in [0.2, 0.25) is 0 Å². The van der Waals surface area contributed by atoms with Crippen molar-refractivity contribution in [3.8, 4) is 0 Å². The maximum absolute atomic E-state index is 12.6. The van der Waals surface area contributed by atoms with Crippen LogP contribution in [0.5, 0.6) is 0 Å². The molecule has 0 aromatic heterocycles. The molecule has 27 heavy (non-hydrogen) atoms. The number of hydrogen-bond donors (Lipinski definition) is 3. The van der Waals surface area contributed by atoms with Crippen molar-refractivity contribution in [1.29, 1.82) is 0 Å². The molecule has 0 heterocycles. The van der Waals surface area contributed by atoms with Gasteiger partial charge in [-0.15, -0.1) is 0 Å². The van der Waals surface area contributed by atoms with Gasteiger partial charge in [0.25, 0.3) is 15.9 Å². The van der Waals surface area contributed by atoms with E-state index < -0.39 is 15.6 Å². The van der Waals surface area contributed by atoms with Crippen LogP contribution in [0.4, 0.5) is 5.69 Å². The van der Waals surface area contributed by atoms with E-state index in [1.165, 1.54) is 12.1 Å². The van der Waals surface area contributed by atoms with Gasteiger partial charge in [0.2, 0.25) is 0 Å². The number of amides is 1. The number of benzene rings is 2. The molecule has 4 N–H and O–H groups in total. The van der Waals surface area contributed by atoms with Gasteiger partial charge in [-0.1, -0.05) is 32.0 Å². The van der Waals surface area contributed by atoms with Crippen molar-refractivity contribution in [3.63, 3.8) is 0 Å². The molecule has 0 radical (unpaired) electrons. The Hall–Kier alpha value is -2.38. The Morgan fingerprint density at radius 3 is 2.37 bits per heavy atom. The van der Waals surface area contributed by atoms with E-state index in [-0.39, 0.29) is 16.4 Å². The zero-order valence-electron chi connectivity index (χ0n) is 16.0. The minimum atomic E-state index is -3.79. The third-order valence-corrected chi connectivity index (χ3v) is 6.07. The molecule has 0 saturated carbocycles. The molecule has 0 aliphatic carbocycles. The zero-order chi connectivity index (χ0) is 20.1. The average molecular weight is 390 g/mol. The first-order valence-electron chi connectivity index (χ1n) is 8.96. The van der Waals surface area contributed by atoms with Crippen LogP contribution in [0.3, 0.4) is 0 Å². The second-order valence-corrected chi connectivity index (χ2v) is 8.44. The number of rotatable bonds is 8. The van der Waals surface area contributed by atoms with Gasteiger partial charge in [-0.25, -0.2) is 8.42 Å². The minimum Gasteiger partial charge on any atom is -0.350 e. The molecule has 0 spiro atoms. The van der Waals surface area contributed by atoms with Crippen molar-refractivity contribution < 1.29 is 13.2 Å². The molecule has 0 fully saturated rings. The average Bonchev–Trinajstić information content (AvgIpc) is 2.65. The predicted molar refractivity (Wildman–Crippen MR) is 108 cm³/mol. The topological polar surface area (TPSA) is 101 Å². The van der Waals surface area contributed by atoms with E-state index in [4.69, 9.17) is 5.73 Å². The fraction of sp³-hybridized carbons (Fsp3) is 0.350. The number of nitrogens with two attached hydrogens (primary N) is 1. The summed E-state index contributed by atoms with van der Waals surface area (Å²) >= 11 is 0. The van der Waals surface area contributed by atoms with Crippen LogP contribution in [0.25, 0.3) is 0 Å². The summed E-state index contributed by atoms with van der Waals surface area (Å²) in [6, 6.07) is 13.0. The molecule has 0 aliphatic rings. The molecular weight excluding hydrogens is 362 g/mol. The quantitative estimate of drug-likeness (QED) is 0.646. The van der Waals surface area contributed by atoms with Crippen LogP contribution in [-0.2, 0) is 10.0 Å². The molecule has 0 unspecified atom stereocenters. The van der Waals surface area contributed by atoms with Gasteiger partial charge in [-0.3, -0.25) is 9.52 Å². The second kappa shape index (κ2) is 8.54. The van der Waals surface area contributed by atoms with Crippen LogP contribution >= 0.6 is 0 Å². The first kappa shape index (κ1) is 20.9. The van der Waals surface area contributed by atoms with E-state index in [1.54, 1.807) is 30.3 Å². The summed E-state index contributed by atoms with van der Waals surface area (Å²) in [5.74, 6) is -0.348. The molecule has 0 aliphatic heterocycles. The van der Waals surface area contributed by atoms with Crippen LogP contribution in [-0.4, -0.2) is 26.4 Å². The number of sulfonamides is 1. The molecule has 0 atom stereocenters. The first-order chi connectivity index (χ1) is 12.7. The lowest BCUT2D eigenvalue weighted by atomic mass is 9.94. The molecular formula is C20H27N3O3S. The number of hydrogen-bond acceptors (Lipinski definition) is 4. The highest BCUT2D eigenvalue weighted by Crippen LogP contribution is 2.18. The summed E-state index contributed by atoms with van der Waals surface area (Å²) in [6.07, 6.45) is 1.47. The van der Waals surface area contributed by atoms with Gasteiger partial charge >= 0.3 is 0 Å². The Bertz CT molecular complexity index is 906. The molecule has 146 valence electrons.